The summed E-state index contributed by atoms with van der Waals surface area (Å²) in [6.07, 6.45) is 0.961. The van der Waals surface area contributed by atoms with Crippen LogP contribution in [0.1, 0.15) is 40.7 Å². The second-order valence-corrected chi connectivity index (χ2v) is 6.71. The molecule has 3 rings (SSSR count). The topological polar surface area (TPSA) is 136 Å². The summed E-state index contributed by atoms with van der Waals surface area (Å²) in [5.41, 5.74) is 13.1. The maximum Gasteiger partial charge on any atom is 0.243 e. The Labute approximate surface area is 150 Å². The van der Waals surface area contributed by atoms with Gasteiger partial charge in [-0.25, -0.2) is 0 Å². The van der Waals surface area contributed by atoms with Crippen LogP contribution in [0.5, 0.6) is 0 Å². The number of benzene rings is 1. The standard InChI is InChI=1S/C18H22N4O4/c19-7-6-12(17(20)25)16(24)11-3-1-2-10-8-22(9-13(10)11)14-4-5-15(23)21-18(14)26/h1-3,12,14H,4-9,19H2,(H2,20,25)(H,21,23,26). The van der Waals surface area contributed by atoms with E-state index in [4.69, 9.17) is 11.5 Å². The van der Waals surface area contributed by atoms with Gasteiger partial charge in [-0.05, 0) is 30.5 Å². The van der Waals surface area contributed by atoms with Crippen molar-refractivity contribution in [2.75, 3.05) is 6.54 Å². The zero-order chi connectivity index (χ0) is 18.8. The second kappa shape index (κ2) is 7.35. The quantitative estimate of drug-likeness (QED) is 0.354. The molecule has 5 N–H and O–H groups in total. The molecule has 0 spiro atoms. The highest BCUT2D eigenvalue weighted by atomic mass is 16.2. The number of ketones is 1. The summed E-state index contributed by atoms with van der Waals surface area (Å²) in [6.45, 7) is 1.12. The molecule has 138 valence electrons. The van der Waals surface area contributed by atoms with E-state index >= 15 is 0 Å². The van der Waals surface area contributed by atoms with Crippen molar-refractivity contribution in [3.8, 4) is 0 Å². The molecule has 0 radical (unpaired) electrons. The molecule has 2 heterocycles. The Morgan fingerprint density at radius 1 is 1.27 bits per heavy atom. The Hall–Kier alpha value is -2.58. The van der Waals surface area contributed by atoms with Crippen molar-refractivity contribution in [2.24, 2.45) is 17.4 Å². The van der Waals surface area contributed by atoms with E-state index in [1.54, 1.807) is 12.1 Å². The minimum absolute atomic E-state index is 0.191. The summed E-state index contributed by atoms with van der Waals surface area (Å²) in [5, 5.41) is 2.36. The number of carbonyl (C=O) groups excluding carboxylic acids is 4. The first-order valence-electron chi connectivity index (χ1n) is 8.64. The Morgan fingerprint density at radius 3 is 2.69 bits per heavy atom. The molecule has 3 amide bonds. The monoisotopic (exact) mass is 358 g/mol. The molecule has 8 nitrogen and oxygen atoms in total. The third kappa shape index (κ3) is 3.38. The van der Waals surface area contributed by atoms with E-state index < -0.39 is 17.9 Å². The number of primary amides is 1. The first-order chi connectivity index (χ1) is 12.4. The van der Waals surface area contributed by atoms with Gasteiger partial charge in [0.1, 0.15) is 5.92 Å². The molecule has 0 aromatic heterocycles. The van der Waals surface area contributed by atoms with Crippen LogP contribution in [0.25, 0.3) is 0 Å². The van der Waals surface area contributed by atoms with E-state index in [1.807, 2.05) is 11.0 Å². The number of rotatable bonds is 6. The molecule has 2 aliphatic heterocycles. The number of imide groups is 1. The Bertz CT molecular complexity index is 776. The summed E-state index contributed by atoms with van der Waals surface area (Å²) in [6, 6.07) is 4.95. The first kappa shape index (κ1) is 18.2. The maximum absolute atomic E-state index is 12.8. The number of nitrogens with one attached hydrogen (secondary N) is 1. The SMILES string of the molecule is NCCC(C(N)=O)C(=O)c1cccc2c1CN(C1CCC(=O)NC1=O)C2. The number of hydrogen-bond acceptors (Lipinski definition) is 6. The molecule has 1 aromatic rings. The van der Waals surface area contributed by atoms with Gasteiger partial charge in [0, 0.05) is 25.1 Å². The lowest BCUT2D eigenvalue weighted by Crippen LogP contribution is -2.50. The van der Waals surface area contributed by atoms with Gasteiger partial charge >= 0.3 is 0 Å². The number of piperidine rings is 1. The van der Waals surface area contributed by atoms with Crippen molar-refractivity contribution in [1.29, 1.82) is 0 Å². The molecule has 0 saturated carbocycles. The number of hydrogen-bond donors (Lipinski definition) is 3. The highest BCUT2D eigenvalue weighted by molar-refractivity contribution is 6.10. The molecule has 0 aliphatic carbocycles. The van der Waals surface area contributed by atoms with Crippen molar-refractivity contribution in [2.45, 2.75) is 38.4 Å². The smallest absolute Gasteiger partial charge is 0.243 e. The molecule has 8 heteroatoms. The summed E-state index contributed by atoms with van der Waals surface area (Å²) in [7, 11) is 0. The summed E-state index contributed by atoms with van der Waals surface area (Å²) in [4.78, 5) is 49.9. The van der Waals surface area contributed by atoms with Gasteiger partial charge in [-0.1, -0.05) is 18.2 Å². The Morgan fingerprint density at radius 2 is 2.04 bits per heavy atom. The van der Waals surface area contributed by atoms with Gasteiger partial charge in [0.15, 0.2) is 5.78 Å². The van der Waals surface area contributed by atoms with E-state index in [2.05, 4.69) is 5.32 Å². The average molecular weight is 358 g/mol. The largest absolute Gasteiger partial charge is 0.369 e. The number of carbonyl (C=O) groups is 4. The zero-order valence-electron chi connectivity index (χ0n) is 14.4. The van der Waals surface area contributed by atoms with E-state index in [1.165, 1.54) is 0 Å². The van der Waals surface area contributed by atoms with E-state index in [0.29, 0.717) is 31.5 Å². The summed E-state index contributed by atoms with van der Waals surface area (Å²) < 4.78 is 0. The summed E-state index contributed by atoms with van der Waals surface area (Å²) in [5.74, 6) is -2.52. The van der Waals surface area contributed by atoms with Crippen LogP contribution in [0, 0.1) is 5.92 Å². The highest BCUT2D eigenvalue weighted by Gasteiger charge is 2.37. The van der Waals surface area contributed by atoms with Crippen LogP contribution in [0.4, 0.5) is 0 Å². The third-order valence-electron chi connectivity index (χ3n) is 5.04. The van der Waals surface area contributed by atoms with Crippen molar-refractivity contribution in [3.05, 3.63) is 34.9 Å². The minimum atomic E-state index is -0.948. The molecule has 26 heavy (non-hydrogen) atoms. The Kier molecular flexibility index (Phi) is 5.15. The predicted molar refractivity (Wildman–Crippen MR) is 92.5 cm³/mol. The van der Waals surface area contributed by atoms with Gasteiger partial charge in [-0.15, -0.1) is 0 Å². The molecule has 1 fully saturated rings. The molecule has 2 unspecified atom stereocenters. The van der Waals surface area contributed by atoms with E-state index in [-0.39, 0.29) is 30.6 Å². The van der Waals surface area contributed by atoms with Crippen LogP contribution in [-0.2, 0) is 27.5 Å². The van der Waals surface area contributed by atoms with E-state index in [0.717, 1.165) is 11.1 Å². The molecule has 1 saturated heterocycles. The first-order valence-corrected chi connectivity index (χ1v) is 8.64. The third-order valence-corrected chi connectivity index (χ3v) is 5.04. The fourth-order valence-corrected chi connectivity index (χ4v) is 3.69. The molecule has 0 bridgehead atoms. The molecular weight excluding hydrogens is 336 g/mol. The number of fused-ring (bicyclic) bond motifs is 1. The van der Waals surface area contributed by atoms with Crippen LogP contribution >= 0.6 is 0 Å². The summed E-state index contributed by atoms with van der Waals surface area (Å²) >= 11 is 0. The zero-order valence-corrected chi connectivity index (χ0v) is 14.4. The molecule has 1 aromatic carbocycles. The number of nitrogens with two attached hydrogens (primary N) is 2. The highest BCUT2D eigenvalue weighted by Crippen LogP contribution is 2.31. The van der Waals surface area contributed by atoms with Gasteiger partial charge in [-0.3, -0.25) is 29.4 Å². The number of nitrogens with zero attached hydrogens (tertiary/aromatic N) is 1. The van der Waals surface area contributed by atoms with Gasteiger partial charge in [0.25, 0.3) is 0 Å². The minimum Gasteiger partial charge on any atom is -0.369 e. The predicted octanol–water partition coefficient (Wildman–Crippen LogP) is -0.560. The fraction of sp³-hybridized carbons (Fsp3) is 0.444. The molecular formula is C18H22N4O4. The van der Waals surface area contributed by atoms with Gasteiger partial charge < -0.3 is 11.5 Å². The van der Waals surface area contributed by atoms with Crippen molar-refractivity contribution >= 4 is 23.5 Å². The van der Waals surface area contributed by atoms with Crippen molar-refractivity contribution in [3.63, 3.8) is 0 Å². The fourth-order valence-electron chi connectivity index (χ4n) is 3.69. The van der Waals surface area contributed by atoms with Crippen LogP contribution in [-0.4, -0.2) is 41.0 Å². The van der Waals surface area contributed by atoms with Crippen molar-refractivity contribution < 1.29 is 19.2 Å². The normalized spacial score (nSPS) is 21.2. The molecule has 2 atom stereocenters. The average Bonchev–Trinajstić information content (AvgIpc) is 3.02. The van der Waals surface area contributed by atoms with E-state index in [9.17, 15) is 19.2 Å². The lowest BCUT2D eigenvalue weighted by molar-refractivity contribution is -0.137. The lowest BCUT2D eigenvalue weighted by Gasteiger charge is -2.29. The maximum atomic E-state index is 12.8. The van der Waals surface area contributed by atoms with Gasteiger partial charge in [0.2, 0.25) is 17.7 Å². The van der Waals surface area contributed by atoms with Crippen LogP contribution < -0.4 is 16.8 Å². The van der Waals surface area contributed by atoms with Crippen LogP contribution in [0.3, 0.4) is 0 Å². The number of amides is 3. The molecule has 2 aliphatic rings. The van der Waals surface area contributed by atoms with Crippen molar-refractivity contribution in [1.82, 2.24) is 10.2 Å². The van der Waals surface area contributed by atoms with Crippen LogP contribution in [0.2, 0.25) is 0 Å². The lowest BCUT2D eigenvalue weighted by atomic mass is 9.90. The van der Waals surface area contributed by atoms with Crippen LogP contribution in [0.15, 0.2) is 18.2 Å². The van der Waals surface area contributed by atoms with Gasteiger partial charge in [0.05, 0.1) is 6.04 Å². The Balaban J connectivity index is 1.84. The number of Topliss-reactive ketones (excluding diaryl/α,β-unsaturated/α-hetero) is 1. The second-order valence-electron chi connectivity index (χ2n) is 6.71. The van der Waals surface area contributed by atoms with Gasteiger partial charge in [-0.2, -0.15) is 0 Å².